The predicted molar refractivity (Wildman–Crippen MR) is 72.6 cm³/mol. The van der Waals surface area contributed by atoms with Gasteiger partial charge in [0.25, 0.3) is 0 Å². The van der Waals surface area contributed by atoms with Gasteiger partial charge in [0.15, 0.2) is 11.6 Å². The van der Waals surface area contributed by atoms with Crippen molar-refractivity contribution in [3.05, 3.63) is 23.8 Å². The van der Waals surface area contributed by atoms with Crippen LogP contribution in [0, 0.1) is 11.6 Å². The molecular weight excluding hydrogens is 286 g/mol. The monoisotopic (exact) mass is 304 g/mol. The van der Waals surface area contributed by atoms with Crippen molar-refractivity contribution >= 4 is 15.7 Å². The fourth-order valence-corrected chi connectivity index (χ4v) is 4.18. The molecule has 1 aliphatic rings. The quantitative estimate of drug-likeness (QED) is 0.843. The van der Waals surface area contributed by atoms with Gasteiger partial charge in [0.1, 0.15) is 4.90 Å². The summed E-state index contributed by atoms with van der Waals surface area (Å²) in [5.41, 5.74) is 4.65. The lowest BCUT2D eigenvalue weighted by molar-refractivity contribution is 0.293. The molecule has 0 bridgehead atoms. The van der Waals surface area contributed by atoms with Crippen molar-refractivity contribution in [2.24, 2.45) is 0 Å². The smallest absolute Gasteiger partial charge is 0.244 e. The van der Waals surface area contributed by atoms with Gasteiger partial charge in [-0.05, 0) is 31.9 Å². The van der Waals surface area contributed by atoms with Crippen LogP contribution < -0.4 is 10.5 Å². The van der Waals surface area contributed by atoms with Crippen molar-refractivity contribution in [2.45, 2.75) is 49.5 Å². The van der Waals surface area contributed by atoms with E-state index in [1.807, 2.05) is 0 Å². The third kappa shape index (κ3) is 3.09. The second-order valence-corrected chi connectivity index (χ2v) is 7.19. The van der Waals surface area contributed by atoms with Gasteiger partial charge in [0.2, 0.25) is 10.0 Å². The summed E-state index contributed by atoms with van der Waals surface area (Å²) in [5, 5.41) is 0. The molecule has 0 atom stereocenters. The zero-order chi connectivity index (χ0) is 15.0. The maximum absolute atomic E-state index is 13.7. The maximum Gasteiger partial charge on any atom is 0.244 e. The molecule has 112 valence electrons. The summed E-state index contributed by atoms with van der Waals surface area (Å²) < 4.78 is 54.0. The van der Waals surface area contributed by atoms with E-state index in [2.05, 4.69) is 4.72 Å². The number of nitrogen functional groups attached to an aromatic ring is 1. The number of hydrogen-bond donors (Lipinski definition) is 2. The van der Waals surface area contributed by atoms with Crippen LogP contribution in [0.25, 0.3) is 0 Å². The van der Waals surface area contributed by atoms with Crippen molar-refractivity contribution in [1.29, 1.82) is 0 Å². The van der Waals surface area contributed by atoms with Crippen LogP contribution in [-0.4, -0.2) is 14.0 Å². The van der Waals surface area contributed by atoms with E-state index in [0.717, 1.165) is 31.4 Å². The summed E-state index contributed by atoms with van der Waals surface area (Å²) in [6.45, 7) is 1.78. The highest BCUT2D eigenvalue weighted by Crippen LogP contribution is 2.30. The van der Waals surface area contributed by atoms with Gasteiger partial charge in [-0.15, -0.1) is 0 Å². The number of hydrogen-bond acceptors (Lipinski definition) is 3. The third-order valence-electron chi connectivity index (χ3n) is 3.64. The standard InChI is InChI=1S/C13H18F2N2O2S/c1-13(5-3-2-4-6-13)17-20(18,19)11-8-9(16)7-10(14)12(11)15/h7-8,17H,2-6,16H2,1H3. The molecule has 0 saturated heterocycles. The van der Waals surface area contributed by atoms with Crippen LogP contribution in [-0.2, 0) is 10.0 Å². The molecule has 20 heavy (non-hydrogen) atoms. The highest BCUT2D eigenvalue weighted by Gasteiger charge is 2.34. The summed E-state index contributed by atoms with van der Waals surface area (Å²) in [5.74, 6) is -2.66. The summed E-state index contributed by atoms with van der Waals surface area (Å²) in [6, 6.07) is 1.70. The first-order chi connectivity index (χ1) is 9.23. The molecule has 1 saturated carbocycles. The fraction of sp³-hybridized carbons (Fsp3) is 0.538. The molecule has 0 spiro atoms. The van der Waals surface area contributed by atoms with E-state index in [-0.39, 0.29) is 5.69 Å². The van der Waals surface area contributed by atoms with Gasteiger partial charge in [-0.2, -0.15) is 0 Å². The molecule has 3 N–H and O–H groups in total. The first kappa shape index (κ1) is 15.2. The van der Waals surface area contributed by atoms with Gasteiger partial charge in [-0.3, -0.25) is 0 Å². The second kappa shape index (κ2) is 5.29. The second-order valence-electron chi connectivity index (χ2n) is 5.54. The molecule has 7 heteroatoms. The van der Waals surface area contributed by atoms with E-state index >= 15 is 0 Å². The summed E-state index contributed by atoms with van der Waals surface area (Å²) in [4.78, 5) is -0.734. The van der Waals surface area contributed by atoms with E-state index in [0.29, 0.717) is 12.8 Å². The van der Waals surface area contributed by atoms with Crippen LogP contribution in [0.4, 0.5) is 14.5 Å². The van der Waals surface area contributed by atoms with Crippen LogP contribution in [0.15, 0.2) is 17.0 Å². The average Bonchev–Trinajstić information content (AvgIpc) is 2.33. The van der Waals surface area contributed by atoms with Gasteiger partial charge in [-0.1, -0.05) is 19.3 Å². The Hall–Kier alpha value is -1.21. The van der Waals surface area contributed by atoms with Crippen molar-refractivity contribution in [2.75, 3.05) is 5.73 Å². The molecule has 1 aliphatic carbocycles. The Bertz CT molecular complexity index is 611. The number of nitrogens with one attached hydrogen (secondary N) is 1. The normalized spacial score (nSPS) is 18.9. The highest BCUT2D eigenvalue weighted by molar-refractivity contribution is 7.89. The molecule has 1 aromatic carbocycles. The third-order valence-corrected chi connectivity index (χ3v) is 5.28. The first-order valence-corrected chi connectivity index (χ1v) is 8.00. The lowest BCUT2D eigenvalue weighted by Crippen LogP contribution is -2.47. The summed E-state index contributed by atoms with van der Waals surface area (Å²) >= 11 is 0. The number of anilines is 1. The molecular formula is C13H18F2N2O2S. The van der Waals surface area contributed by atoms with Gasteiger partial charge in [0, 0.05) is 11.2 Å². The molecule has 4 nitrogen and oxygen atoms in total. The number of halogens is 2. The molecule has 0 aliphatic heterocycles. The Balaban J connectivity index is 2.36. The van der Waals surface area contributed by atoms with Crippen LogP contribution in [0.5, 0.6) is 0 Å². The maximum atomic E-state index is 13.7. The topological polar surface area (TPSA) is 72.2 Å². The highest BCUT2D eigenvalue weighted by atomic mass is 32.2. The Morgan fingerprint density at radius 3 is 2.40 bits per heavy atom. The number of sulfonamides is 1. The molecule has 0 amide bonds. The van der Waals surface area contributed by atoms with E-state index in [1.165, 1.54) is 0 Å². The van der Waals surface area contributed by atoms with Crippen molar-refractivity contribution in [3.63, 3.8) is 0 Å². The van der Waals surface area contributed by atoms with Crippen LogP contribution in [0.1, 0.15) is 39.0 Å². The molecule has 0 heterocycles. The zero-order valence-electron chi connectivity index (χ0n) is 11.2. The molecule has 0 aromatic heterocycles. The minimum atomic E-state index is -4.14. The molecule has 1 fully saturated rings. The van der Waals surface area contributed by atoms with Crippen molar-refractivity contribution in [3.8, 4) is 0 Å². The Morgan fingerprint density at radius 1 is 1.20 bits per heavy atom. The van der Waals surface area contributed by atoms with E-state index in [9.17, 15) is 17.2 Å². The Labute approximate surface area is 117 Å². The predicted octanol–water partition coefficient (Wildman–Crippen LogP) is 2.55. The van der Waals surface area contributed by atoms with E-state index in [4.69, 9.17) is 5.73 Å². The molecule has 1 aromatic rings. The molecule has 2 rings (SSSR count). The first-order valence-electron chi connectivity index (χ1n) is 6.52. The van der Waals surface area contributed by atoms with Crippen LogP contribution in [0.2, 0.25) is 0 Å². The molecule has 0 radical (unpaired) electrons. The van der Waals surface area contributed by atoms with E-state index in [1.54, 1.807) is 6.92 Å². The largest absolute Gasteiger partial charge is 0.399 e. The Morgan fingerprint density at radius 2 is 1.80 bits per heavy atom. The van der Waals surface area contributed by atoms with Crippen LogP contribution >= 0.6 is 0 Å². The number of rotatable bonds is 3. The lowest BCUT2D eigenvalue weighted by atomic mass is 9.84. The molecule has 0 unspecified atom stereocenters. The number of benzene rings is 1. The number of nitrogens with two attached hydrogens (primary N) is 1. The fourth-order valence-electron chi connectivity index (χ4n) is 2.59. The SMILES string of the molecule is CC1(NS(=O)(=O)c2cc(N)cc(F)c2F)CCCCC1. The zero-order valence-corrected chi connectivity index (χ0v) is 12.1. The van der Waals surface area contributed by atoms with Gasteiger partial charge < -0.3 is 5.73 Å². The lowest BCUT2D eigenvalue weighted by Gasteiger charge is -2.34. The van der Waals surface area contributed by atoms with Gasteiger partial charge in [-0.25, -0.2) is 21.9 Å². The summed E-state index contributed by atoms with van der Waals surface area (Å²) in [7, 11) is -4.14. The minimum absolute atomic E-state index is 0.127. The van der Waals surface area contributed by atoms with Crippen LogP contribution in [0.3, 0.4) is 0 Å². The van der Waals surface area contributed by atoms with E-state index < -0.39 is 32.1 Å². The Kier molecular flexibility index (Phi) is 4.02. The minimum Gasteiger partial charge on any atom is -0.399 e. The average molecular weight is 304 g/mol. The van der Waals surface area contributed by atoms with Crippen molar-refractivity contribution in [1.82, 2.24) is 4.72 Å². The van der Waals surface area contributed by atoms with Gasteiger partial charge >= 0.3 is 0 Å². The van der Waals surface area contributed by atoms with Gasteiger partial charge in [0.05, 0.1) is 0 Å². The van der Waals surface area contributed by atoms with Crippen molar-refractivity contribution < 1.29 is 17.2 Å². The summed E-state index contributed by atoms with van der Waals surface area (Å²) in [6.07, 6.45) is 4.23.